The van der Waals surface area contributed by atoms with Crippen LogP contribution < -0.4 is 0 Å². The lowest BCUT2D eigenvalue weighted by Gasteiger charge is -1.92. The normalized spacial score (nSPS) is 17.7. The van der Waals surface area contributed by atoms with Gasteiger partial charge in [-0.3, -0.25) is 0 Å². The van der Waals surface area contributed by atoms with Gasteiger partial charge in [0.05, 0.1) is 5.69 Å². The van der Waals surface area contributed by atoms with E-state index in [2.05, 4.69) is 16.5 Å². The summed E-state index contributed by atoms with van der Waals surface area (Å²) < 4.78 is 1.81. The molecule has 1 heterocycles. The molecule has 0 bridgehead atoms. The van der Waals surface area contributed by atoms with Crippen molar-refractivity contribution in [3.8, 4) is 0 Å². The Bertz CT molecular complexity index is 225. The number of rotatable bonds is 2. The highest BCUT2D eigenvalue weighted by molar-refractivity contribution is 4.85. The molecule has 1 aliphatic rings. The number of aromatic nitrogens is 3. The summed E-state index contributed by atoms with van der Waals surface area (Å²) in [7, 11) is 0. The van der Waals surface area contributed by atoms with Gasteiger partial charge in [0.25, 0.3) is 0 Å². The molecule has 53 valence electrons. The Balaban J connectivity index is 2.03. The lowest BCUT2D eigenvalue weighted by atomic mass is 10.4. The molecule has 0 amide bonds. The van der Waals surface area contributed by atoms with Gasteiger partial charge < -0.3 is 0 Å². The number of nitrogens with zero attached hydrogens (tertiary/aromatic N) is 3. The van der Waals surface area contributed by atoms with Gasteiger partial charge in [0.15, 0.2) is 0 Å². The van der Waals surface area contributed by atoms with Crippen LogP contribution in [-0.2, 0) is 6.54 Å². The van der Waals surface area contributed by atoms with Crippen molar-refractivity contribution < 1.29 is 0 Å². The van der Waals surface area contributed by atoms with E-state index >= 15 is 0 Å². The van der Waals surface area contributed by atoms with Crippen LogP contribution in [0.5, 0.6) is 0 Å². The molecule has 0 aromatic carbocycles. The zero-order chi connectivity index (χ0) is 6.97. The third-order valence-corrected chi connectivity index (χ3v) is 1.72. The maximum absolute atomic E-state index is 3.91. The van der Waals surface area contributed by atoms with Gasteiger partial charge in [-0.15, -0.1) is 5.10 Å². The fourth-order valence-corrected chi connectivity index (χ4v) is 0.980. The molecule has 3 nitrogen and oxygen atoms in total. The molecule has 1 saturated carbocycles. The van der Waals surface area contributed by atoms with Gasteiger partial charge in [-0.1, -0.05) is 5.21 Å². The van der Waals surface area contributed by atoms with Crippen LogP contribution in [0.3, 0.4) is 0 Å². The van der Waals surface area contributed by atoms with Crippen molar-refractivity contribution >= 4 is 0 Å². The van der Waals surface area contributed by atoms with Crippen LogP contribution in [-0.4, -0.2) is 15.0 Å². The fraction of sp³-hybridized carbons (Fsp3) is 0.714. The smallest absolute Gasteiger partial charge is 0.111 e. The van der Waals surface area contributed by atoms with Gasteiger partial charge in [-0.05, 0) is 25.7 Å². The van der Waals surface area contributed by atoms with Gasteiger partial charge >= 0.3 is 0 Å². The largest absolute Gasteiger partial charge is 0.242 e. The molecule has 0 spiro atoms. The van der Waals surface area contributed by atoms with E-state index in [4.69, 9.17) is 0 Å². The van der Waals surface area contributed by atoms with Crippen LogP contribution in [0, 0.1) is 19.0 Å². The molecule has 0 saturated heterocycles. The van der Waals surface area contributed by atoms with Crippen LogP contribution in [0.2, 0.25) is 0 Å². The van der Waals surface area contributed by atoms with E-state index in [1.165, 1.54) is 12.8 Å². The molecule has 2 rings (SSSR count). The highest BCUT2D eigenvalue weighted by Crippen LogP contribution is 2.29. The summed E-state index contributed by atoms with van der Waals surface area (Å²) in [6, 6.07) is 0. The molecule has 0 unspecified atom stereocenters. The minimum absolute atomic E-state index is 0.859. The monoisotopic (exact) mass is 136 g/mol. The Morgan fingerprint density at radius 3 is 3.00 bits per heavy atom. The van der Waals surface area contributed by atoms with Crippen molar-refractivity contribution in [3.63, 3.8) is 0 Å². The molecule has 0 N–H and O–H groups in total. The average molecular weight is 136 g/mol. The summed E-state index contributed by atoms with van der Waals surface area (Å²) in [5, 5.41) is 7.76. The average Bonchev–Trinajstić information content (AvgIpc) is 2.59. The standard InChI is InChI=1S/C7H10N3/c1-6-4-10(9-8-6)5-7-2-3-7/h7H,2-3,5H2,1H3. The molecule has 1 aromatic rings. The van der Waals surface area contributed by atoms with Crippen molar-refractivity contribution in [1.82, 2.24) is 15.0 Å². The lowest BCUT2D eigenvalue weighted by Crippen LogP contribution is -2.00. The summed E-state index contributed by atoms with van der Waals surface area (Å²) in [5.74, 6) is 0.859. The maximum Gasteiger partial charge on any atom is 0.111 e. The van der Waals surface area contributed by atoms with E-state index in [0.717, 1.165) is 18.2 Å². The Kier molecular flexibility index (Phi) is 1.22. The number of hydrogen-bond acceptors (Lipinski definition) is 2. The molecule has 1 radical (unpaired) electrons. The highest BCUT2D eigenvalue weighted by atomic mass is 15.4. The summed E-state index contributed by atoms with van der Waals surface area (Å²) in [6.45, 7) is 2.93. The third-order valence-electron chi connectivity index (χ3n) is 1.72. The van der Waals surface area contributed by atoms with E-state index < -0.39 is 0 Å². The molecular formula is C7H10N3. The first-order valence-corrected chi connectivity index (χ1v) is 3.64. The van der Waals surface area contributed by atoms with Crippen molar-refractivity contribution in [2.75, 3.05) is 0 Å². The van der Waals surface area contributed by atoms with E-state index in [9.17, 15) is 0 Å². The SMILES string of the molecule is Cc1[c]n(CC2CC2)nn1. The minimum Gasteiger partial charge on any atom is -0.242 e. The van der Waals surface area contributed by atoms with Gasteiger partial charge in [-0.25, -0.2) is 4.68 Å². The quantitative estimate of drug-likeness (QED) is 0.602. The van der Waals surface area contributed by atoms with E-state index in [-0.39, 0.29) is 0 Å². The molecule has 0 aliphatic heterocycles. The summed E-state index contributed by atoms with van der Waals surface area (Å²) in [5.41, 5.74) is 0.889. The summed E-state index contributed by atoms with van der Waals surface area (Å²) in [4.78, 5) is 0. The van der Waals surface area contributed by atoms with Crippen molar-refractivity contribution in [2.45, 2.75) is 26.3 Å². The lowest BCUT2D eigenvalue weighted by molar-refractivity contribution is 0.541. The van der Waals surface area contributed by atoms with Crippen LogP contribution in [0.15, 0.2) is 0 Å². The van der Waals surface area contributed by atoms with Crippen LogP contribution in [0.4, 0.5) is 0 Å². The highest BCUT2D eigenvalue weighted by Gasteiger charge is 2.21. The van der Waals surface area contributed by atoms with Crippen LogP contribution in [0.25, 0.3) is 0 Å². The zero-order valence-electron chi connectivity index (χ0n) is 6.04. The van der Waals surface area contributed by atoms with E-state index in [0.29, 0.717) is 0 Å². The molecule has 0 atom stereocenters. The molecular weight excluding hydrogens is 126 g/mol. The second-order valence-corrected chi connectivity index (χ2v) is 2.91. The van der Waals surface area contributed by atoms with Crippen molar-refractivity contribution in [1.29, 1.82) is 0 Å². The second-order valence-electron chi connectivity index (χ2n) is 2.91. The topological polar surface area (TPSA) is 30.7 Å². The molecule has 1 aliphatic carbocycles. The van der Waals surface area contributed by atoms with Gasteiger partial charge in [0.2, 0.25) is 0 Å². The van der Waals surface area contributed by atoms with Gasteiger partial charge in [-0.2, -0.15) is 0 Å². The number of aryl methyl sites for hydroxylation is 1. The molecule has 1 aromatic heterocycles. The number of hydrogen-bond donors (Lipinski definition) is 0. The first-order chi connectivity index (χ1) is 4.84. The summed E-state index contributed by atoms with van der Waals surface area (Å²) in [6.07, 6.45) is 5.75. The Morgan fingerprint density at radius 2 is 2.50 bits per heavy atom. The predicted molar refractivity (Wildman–Crippen MR) is 36.3 cm³/mol. The predicted octanol–water partition coefficient (Wildman–Crippen LogP) is 0.797. The van der Waals surface area contributed by atoms with Gasteiger partial charge in [0, 0.05) is 6.54 Å². The Hall–Kier alpha value is -0.860. The van der Waals surface area contributed by atoms with E-state index in [1.807, 2.05) is 11.6 Å². The zero-order valence-corrected chi connectivity index (χ0v) is 6.04. The molecule has 1 fully saturated rings. The fourth-order valence-electron chi connectivity index (χ4n) is 0.980. The Labute approximate surface area is 60.0 Å². The molecule has 10 heavy (non-hydrogen) atoms. The van der Waals surface area contributed by atoms with Crippen LogP contribution >= 0.6 is 0 Å². The summed E-state index contributed by atoms with van der Waals surface area (Å²) >= 11 is 0. The van der Waals surface area contributed by atoms with E-state index in [1.54, 1.807) is 0 Å². The van der Waals surface area contributed by atoms with Crippen LogP contribution in [0.1, 0.15) is 18.5 Å². The second kappa shape index (κ2) is 2.08. The Morgan fingerprint density at radius 1 is 1.70 bits per heavy atom. The first kappa shape index (κ1) is 5.89. The van der Waals surface area contributed by atoms with Crippen molar-refractivity contribution in [2.24, 2.45) is 5.92 Å². The third kappa shape index (κ3) is 1.17. The molecule has 3 heteroatoms. The first-order valence-electron chi connectivity index (χ1n) is 3.64. The minimum atomic E-state index is 0.859. The van der Waals surface area contributed by atoms with Crippen molar-refractivity contribution in [3.05, 3.63) is 11.9 Å². The maximum atomic E-state index is 3.91. The van der Waals surface area contributed by atoms with Gasteiger partial charge in [0.1, 0.15) is 6.20 Å².